The predicted octanol–water partition coefficient (Wildman–Crippen LogP) is 1.06. The van der Waals surface area contributed by atoms with Gasteiger partial charge in [0.2, 0.25) is 0 Å². The van der Waals surface area contributed by atoms with E-state index in [9.17, 15) is 9.36 Å². The maximum Gasteiger partial charge on any atom is 0.325 e. The van der Waals surface area contributed by atoms with Gasteiger partial charge in [0.05, 0.1) is 6.16 Å². The summed E-state index contributed by atoms with van der Waals surface area (Å²) in [5.74, 6) is -1.06. The Morgan fingerprint density at radius 2 is 2.00 bits per heavy atom. The van der Waals surface area contributed by atoms with Crippen molar-refractivity contribution in [3.8, 4) is 0 Å². The van der Waals surface area contributed by atoms with E-state index in [1.807, 2.05) is 25.1 Å². The molecule has 0 aliphatic carbocycles. The number of carbonyl (C=O) groups is 1. The molecular formula is C13H20NO5P. The summed E-state index contributed by atoms with van der Waals surface area (Å²) in [6.07, 6.45) is 0.878. The molecular weight excluding hydrogens is 281 g/mol. The molecule has 112 valence electrons. The van der Waals surface area contributed by atoms with Crippen molar-refractivity contribution in [1.29, 1.82) is 0 Å². The average molecular weight is 301 g/mol. The Morgan fingerprint density at radius 3 is 2.55 bits per heavy atom. The summed E-state index contributed by atoms with van der Waals surface area (Å²) in [4.78, 5) is 28.5. The van der Waals surface area contributed by atoms with E-state index in [0.717, 1.165) is 16.7 Å². The molecule has 0 amide bonds. The molecule has 0 unspecified atom stereocenters. The minimum atomic E-state index is -3.99. The maximum atomic E-state index is 10.8. The highest BCUT2D eigenvalue weighted by Gasteiger charge is 2.16. The van der Waals surface area contributed by atoms with Crippen LogP contribution in [0.5, 0.6) is 0 Å². The lowest BCUT2D eigenvalue weighted by molar-refractivity contribution is -0.138. The molecule has 1 atom stereocenters. The van der Waals surface area contributed by atoms with E-state index in [4.69, 9.17) is 20.6 Å². The lowest BCUT2D eigenvalue weighted by atomic mass is 9.96. The largest absolute Gasteiger partial charge is 0.480 e. The number of carboxylic acid groups (broad SMARTS) is 1. The first-order valence-electron chi connectivity index (χ1n) is 6.30. The van der Waals surface area contributed by atoms with Gasteiger partial charge < -0.3 is 20.6 Å². The van der Waals surface area contributed by atoms with Crippen molar-refractivity contribution in [2.75, 3.05) is 6.16 Å². The molecule has 0 radical (unpaired) electrons. The summed E-state index contributed by atoms with van der Waals surface area (Å²) in [7, 11) is -3.99. The first kappa shape index (κ1) is 16.9. The SMILES string of the molecule is Cc1ccc(CCCP(=O)(O)O)c(C[C@H](N)C(=O)O)c1. The van der Waals surface area contributed by atoms with Gasteiger partial charge in [-0.1, -0.05) is 23.8 Å². The third kappa shape index (κ3) is 5.84. The molecule has 1 rings (SSSR count). The number of benzene rings is 1. The van der Waals surface area contributed by atoms with E-state index in [-0.39, 0.29) is 12.6 Å². The molecule has 0 aromatic heterocycles. The van der Waals surface area contributed by atoms with Crippen molar-refractivity contribution in [3.63, 3.8) is 0 Å². The Hall–Kier alpha value is -1.20. The zero-order valence-corrected chi connectivity index (χ0v) is 12.2. The Bertz CT molecular complexity index is 525. The Morgan fingerprint density at radius 1 is 1.35 bits per heavy atom. The van der Waals surface area contributed by atoms with Gasteiger partial charge in [-0.3, -0.25) is 9.36 Å². The van der Waals surface area contributed by atoms with Crippen LogP contribution < -0.4 is 5.73 Å². The number of rotatable bonds is 7. The highest BCUT2D eigenvalue weighted by Crippen LogP contribution is 2.35. The minimum Gasteiger partial charge on any atom is -0.480 e. The first-order valence-corrected chi connectivity index (χ1v) is 8.10. The third-order valence-electron chi connectivity index (χ3n) is 3.01. The molecule has 6 nitrogen and oxygen atoms in total. The van der Waals surface area contributed by atoms with Crippen LogP contribution in [-0.4, -0.2) is 33.1 Å². The quantitative estimate of drug-likeness (QED) is 0.559. The standard InChI is InChI=1S/C13H20NO5P/c1-9-4-5-10(3-2-6-20(17,18)19)11(7-9)8-12(14)13(15)16/h4-5,7,12H,2-3,6,8,14H2,1H3,(H,15,16)(H2,17,18,19)/t12-/m0/s1. The van der Waals surface area contributed by atoms with Crippen LogP contribution in [0.4, 0.5) is 0 Å². The highest BCUT2D eigenvalue weighted by atomic mass is 31.2. The van der Waals surface area contributed by atoms with Crippen molar-refractivity contribution in [2.24, 2.45) is 5.73 Å². The molecule has 0 spiro atoms. The number of hydrogen-bond donors (Lipinski definition) is 4. The van der Waals surface area contributed by atoms with Gasteiger partial charge in [-0.15, -0.1) is 0 Å². The summed E-state index contributed by atoms with van der Waals surface area (Å²) in [6.45, 7) is 1.90. The van der Waals surface area contributed by atoms with Crippen molar-refractivity contribution >= 4 is 13.6 Å². The molecule has 0 saturated carbocycles. The predicted molar refractivity (Wildman–Crippen MR) is 75.7 cm³/mol. The van der Waals surface area contributed by atoms with Crippen molar-refractivity contribution in [3.05, 3.63) is 34.9 Å². The third-order valence-corrected chi connectivity index (χ3v) is 3.91. The van der Waals surface area contributed by atoms with Gasteiger partial charge >= 0.3 is 13.6 Å². The van der Waals surface area contributed by atoms with Crippen LogP contribution in [0.25, 0.3) is 0 Å². The molecule has 20 heavy (non-hydrogen) atoms. The van der Waals surface area contributed by atoms with Crippen LogP contribution in [0.2, 0.25) is 0 Å². The van der Waals surface area contributed by atoms with Gasteiger partial charge in [-0.2, -0.15) is 0 Å². The normalized spacial score (nSPS) is 13.2. The fourth-order valence-electron chi connectivity index (χ4n) is 1.99. The van der Waals surface area contributed by atoms with E-state index in [2.05, 4.69) is 0 Å². The summed E-state index contributed by atoms with van der Waals surface area (Å²) in [6, 6.07) is 4.65. The number of nitrogens with two attached hydrogens (primary N) is 1. The molecule has 0 bridgehead atoms. The zero-order valence-electron chi connectivity index (χ0n) is 11.3. The van der Waals surface area contributed by atoms with Gasteiger partial charge in [0, 0.05) is 0 Å². The lowest BCUT2D eigenvalue weighted by Crippen LogP contribution is -2.32. The molecule has 5 N–H and O–H groups in total. The Balaban J connectivity index is 2.79. The van der Waals surface area contributed by atoms with Gasteiger partial charge in [-0.25, -0.2) is 0 Å². The van der Waals surface area contributed by atoms with E-state index in [0.29, 0.717) is 12.8 Å². The van der Waals surface area contributed by atoms with Crippen LogP contribution in [-0.2, 0) is 22.2 Å². The van der Waals surface area contributed by atoms with Crippen LogP contribution in [0.15, 0.2) is 18.2 Å². The number of aryl methyl sites for hydroxylation is 2. The topological polar surface area (TPSA) is 121 Å². The second kappa shape index (κ2) is 6.99. The van der Waals surface area contributed by atoms with Gasteiger partial charge in [-0.05, 0) is 37.3 Å². The smallest absolute Gasteiger partial charge is 0.325 e. The Labute approximate surface area is 117 Å². The zero-order chi connectivity index (χ0) is 15.3. The molecule has 0 saturated heterocycles. The number of hydrogen-bond acceptors (Lipinski definition) is 3. The molecule has 1 aromatic rings. The lowest BCUT2D eigenvalue weighted by Gasteiger charge is -2.13. The van der Waals surface area contributed by atoms with E-state index in [1.54, 1.807) is 0 Å². The maximum absolute atomic E-state index is 10.8. The monoisotopic (exact) mass is 301 g/mol. The van der Waals surface area contributed by atoms with Crippen molar-refractivity contribution in [1.82, 2.24) is 0 Å². The number of aliphatic carboxylic acids is 1. The van der Waals surface area contributed by atoms with Crippen LogP contribution in [0.3, 0.4) is 0 Å². The summed E-state index contributed by atoms with van der Waals surface area (Å²) < 4.78 is 10.8. The summed E-state index contributed by atoms with van der Waals surface area (Å²) in [5.41, 5.74) is 8.25. The molecule has 7 heteroatoms. The van der Waals surface area contributed by atoms with Crippen LogP contribution >= 0.6 is 7.60 Å². The van der Waals surface area contributed by atoms with Crippen molar-refractivity contribution < 1.29 is 24.3 Å². The van der Waals surface area contributed by atoms with E-state index >= 15 is 0 Å². The van der Waals surface area contributed by atoms with Crippen LogP contribution in [0.1, 0.15) is 23.1 Å². The van der Waals surface area contributed by atoms with Gasteiger partial charge in [0.1, 0.15) is 6.04 Å². The first-order chi connectivity index (χ1) is 9.19. The molecule has 0 heterocycles. The average Bonchev–Trinajstić information content (AvgIpc) is 2.30. The summed E-state index contributed by atoms with van der Waals surface area (Å²) in [5, 5.41) is 8.86. The minimum absolute atomic E-state index is 0.175. The molecule has 0 aliphatic rings. The van der Waals surface area contributed by atoms with E-state index < -0.39 is 19.6 Å². The highest BCUT2D eigenvalue weighted by molar-refractivity contribution is 7.51. The molecule has 1 aromatic carbocycles. The van der Waals surface area contributed by atoms with Crippen molar-refractivity contribution in [2.45, 2.75) is 32.2 Å². The fourth-order valence-corrected chi connectivity index (χ4v) is 2.56. The Kier molecular flexibility index (Phi) is 5.89. The molecule has 0 fully saturated rings. The van der Waals surface area contributed by atoms with Gasteiger partial charge in [0.15, 0.2) is 0 Å². The van der Waals surface area contributed by atoms with Gasteiger partial charge in [0.25, 0.3) is 0 Å². The second-order valence-electron chi connectivity index (χ2n) is 4.91. The molecule has 0 aliphatic heterocycles. The summed E-state index contributed by atoms with van der Waals surface area (Å²) >= 11 is 0. The van der Waals surface area contributed by atoms with E-state index in [1.165, 1.54) is 0 Å². The fraction of sp³-hybridized carbons (Fsp3) is 0.462. The second-order valence-corrected chi connectivity index (χ2v) is 6.69. The number of carboxylic acids is 1. The van der Waals surface area contributed by atoms with Crippen LogP contribution in [0, 0.1) is 6.92 Å².